The molecule has 3 nitrogen and oxygen atoms in total. The molecule has 0 aromatic carbocycles. The van der Waals surface area contributed by atoms with Crippen LogP contribution in [0.5, 0.6) is 0 Å². The predicted octanol–water partition coefficient (Wildman–Crippen LogP) is 1.58. The first-order chi connectivity index (χ1) is 6.77. The molecule has 1 aromatic rings. The van der Waals surface area contributed by atoms with E-state index in [1.54, 1.807) is 18.5 Å². The zero-order valence-corrected chi connectivity index (χ0v) is 8.07. The van der Waals surface area contributed by atoms with E-state index in [-0.39, 0.29) is 5.92 Å². The maximum absolute atomic E-state index is 11.7. The molecule has 1 heterocycles. The number of nitrogen functional groups attached to an aromatic ring is 1. The maximum atomic E-state index is 11.7. The highest BCUT2D eigenvalue weighted by atomic mass is 16.1. The van der Waals surface area contributed by atoms with Gasteiger partial charge in [0.25, 0.3) is 0 Å². The van der Waals surface area contributed by atoms with Crippen LogP contribution in [0.4, 0.5) is 5.69 Å². The molecule has 1 fully saturated rings. The molecule has 0 saturated heterocycles. The first-order valence-corrected chi connectivity index (χ1v) is 4.98. The number of hydrogen-bond donors (Lipinski definition) is 1. The molecule has 0 atom stereocenters. The largest absolute Gasteiger partial charge is 0.398 e. The van der Waals surface area contributed by atoms with Crippen molar-refractivity contribution >= 4 is 11.5 Å². The Morgan fingerprint density at radius 2 is 2.36 bits per heavy atom. The minimum atomic E-state index is 0.287. The summed E-state index contributed by atoms with van der Waals surface area (Å²) >= 11 is 0. The number of nitrogens with zero attached hydrogens (tertiary/aromatic N) is 1. The standard InChI is InChI=1S/C11H14N2O/c12-10-4-5-13-7-9(10)6-11(14)8-2-1-3-8/h4-5,7-8H,1-3,6H2,(H2,12,13). The summed E-state index contributed by atoms with van der Waals surface area (Å²) in [6.07, 6.45) is 7.08. The van der Waals surface area contributed by atoms with Crippen LogP contribution in [0.2, 0.25) is 0 Å². The molecule has 74 valence electrons. The predicted molar refractivity (Wildman–Crippen MR) is 54.7 cm³/mol. The number of anilines is 1. The molecule has 14 heavy (non-hydrogen) atoms. The van der Waals surface area contributed by atoms with Crippen LogP contribution in [0.15, 0.2) is 18.5 Å². The third kappa shape index (κ3) is 1.76. The van der Waals surface area contributed by atoms with Crippen molar-refractivity contribution in [3.05, 3.63) is 24.0 Å². The van der Waals surface area contributed by atoms with Crippen molar-refractivity contribution in [2.45, 2.75) is 25.7 Å². The van der Waals surface area contributed by atoms with Crippen LogP contribution in [0.1, 0.15) is 24.8 Å². The van der Waals surface area contributed by atoms with Gasteiger partial charge >= 0.3 is 0 Å². The van der Waals surface area contributed by atoms with E-state index in [1.165, 1.54) is 6.42 Å². The lowest BCUT2D eigenvalue weighted by Crippen LogP contribution is -2.23. The number of pyridine rings is 1. The topological polar surface area (TPSA) is 56.0 Å². The zero-order chi connectivity index (χ0) is 9.97. The Morgan fingerprint density at radius 3 is 2.93 bits per heavy atom. The van der Waals surface area contributed by atoms with Gasteiger partial charge in [-0.3, -0.25) is 9.78 Å². The smallest absolute Gasteiger partial charge is 0.140 e. The summed E-state index contributed by atoms with van der Waals surface area (Å²) < 4.78 is 0. The molecule has 0 amide bonds. The van der Waals surface area contributed by atoms with Crippen molar-refractivity contribution in [1.82, 2.24) is 4.98 Å². The molecule has 3 heteroatoms. The highest BCUT2D eigenvalue weighted by Crippen LogP contribution is 2.28. The molecule has 1 aromatic heterocycles. The van der Waals surface area contributed by atoms with Crippen molar-refractivity contribution in [2.75, 3.05) is 5.73 Å². The minimum Gasteiger partial charge on any atom is -0.398 e. The molecule has 1 saturated carbocycles. The summed E-state index contributed by atoms with van der Waals surface area (Å²) in [6.45, 7) is 0. The highest BCUT2D eigenvalue weighted by molar-refractivity contribution is 5.85. The van der Waals surface area contributed by atoms with E-state index >= 15 is 0 Å². The van der Waals surface area contributed by atoms with E-state index in [1.807, 2.05) is 0 Å². The van der Waals surface area contributed by atoms with Crippen molar-refractivity contribution in [2.24, 2.45) is 5.92 Å². The van der Waals surface area contributed by atoms with E-state index in [0.717, 1.165) is 18.4 Å². The normalized spacial score (nSPS) is 16.3. The van der Waals surface area contributed by atoms with E-state index in [0.29, 0.717) is 17.9 Å². The summed E-state index contributed by atoms with van der Waals surface area (Å²) in [7, 11) is 0. The van der Waals surface area contributed by atoms with Crippen molar-refractivity contribution in [3.8, 4) is 0 Å². The second-order valence-corrected chi connectivity index (χ2v) is 3.85. The molecule has 0 spiro atoms. The Hall–Kier alpha value is -1.38. The van der Waals surface area contributed by atoms with E-state index < -0.39 is 0 Å². The minimum absolute atomic E-state index is 0.287. The van der Waals surface area contributed by atoms with Crippen LogP contribution in [0, 0.1) is 5.92 Å². The Balaban J connectivity index is 2.03. The summed E-state index contributed by atoms with van der Waals surface area (Å²) in [4.78, 5) is 15.6. The second-order valence-electron chi connectivity index (χ2n) is 3.85. The van der Waals surface area contributed by atoms with Crippen molar-refractivity contribution in [3.63, 3.8) is 0 Å². The average Bonchev–Trinajstić information content (AvgIpc) is 2.05. The van der Waals surface area contributed by atoms with E-state index in [2.05, 4.69) is 4.98 Å². The average molecular weight is 190 g/mol. The third-order valence-corrected chi connectivity index (χ3v) is 2.87. The van der Waals surface area contributed by atoms with Crippen molar-refractivity contribution < 1.29 is 4.79 Å². The Bertz CT molecular complexity index is 345. The van der Waals surface area contributed by atoms with Gasteiger partial charge in [-0.15, -0.1) is 0 Å². The van der Waals surface area contributed by atoms with Gasteiger partial charge < -0.3 is 5.73 Å². The molecule has 1 aliphatic carbocycles. The van der Waals surface area contributed by atoms with Crippen LogP contribution in [-0.4, -0.2) is 10.8 Å². The summed E-state index contributed by atoms with van der Waals surface area (Å²) in [6, 6.07) is 1.74. The maximum Gasteiger partial charge on any atom is 0.140 e. The van der Waals surface area contributed by atoms with Gasteiger partial charge in [0.1, 0.15) is 5.78 Å². The number of rotatable bonds is 3. The molecule has 2 rings (SSSR count). The van der Waals surface area contributed by atoms with Gasteiger partial charge in [-0.1, -0.05) is 6.42 Å². The third-order valence-electron chi connectivity index (χ3n) is 2.87. The van der Waals surface area contributed by atoms with Gasteiger partial charge in [0.2, 0.25) is 0 Å². The molecular formula is C11H14N2O. The number of carbonyl (C=O) groups is 1. The lowest BCUT2D eigenvalue weighted by Gasteiger charge is -2.23. The van der Waals surface area contributed by atoms with Gasteiger partial charge in [-0.25, -0.2) is 0 Å². The van der Waals surface area contributed by atoms with Crippen LogP contribution < -0.4 is 5.73 Å². The lowest BCUT2D eigenvalue weighted by molar-refractivity contribution is -0.124. The first-order valence-electron chi connectivity index (χ1n) is 4.98. The zero-order valence-electron chi connectivity index (χ0n) is 8.07. The van der Waals surface area contributed by atoms with Crippen LogP contribution >= 0.6 is 0 Å². The van der Waals surface area contributed by atoms with Gasteiger partial charge in [-0.2, -0.15) is 0 Å². The second kappa shape index (κ2) is 3.78. The van der Waals surface area contributed by atoms with Gasteiger partial charge in [0.15, 0.2) is 0 Å². The first kappa shape index (κ1) is 9.19. The SMILES string of the molecule is Nc1ccncc1CC(=O)C1CCC1. The fourth-order valence-electron chi connectivity index (χ4n) is 1.65. The number of Topliss-reactive ketones (excluding diaryl/α,β-unsaturated/α-hetero) is 1. The summed E-state index contributed by atoms with van der Waals surface area (Å²) in [5.41, 5.74) is 7.28. The van der Waals surface area contributed by atoms with Crippen LogP contribution in [0.3, 0.4) is 0 Å². The van der Waals surface area contributed by atoms with Gasteiger partial charge in [-0.05, 0) is 18.9 Å². The fourth-order valence-corrected chi connectivity index (χ4v) is 1.65. The Labute approximate surface area is 83.3 Å². The van der Waals surface area contributed by atoms with E-state index in [9.17, 15) is 4.79 Å². The highest BCUT2D eigenvalue weighted by Gasteiger charge is 2.25. The summed E-state index contributed by atoms with van der Waals surface area (Å²) in [5, 5.41) is 0. The molecule has 0 radical (unpaired) electrons. The molecule has 0 bridgehead atoms. The quantitative estimate of drug-likeness (QED) is 0.787. The molecule has 0 aliphatic heterocycles. The van der Waals surface area contributed by atoms with Crippen LogP contribution in [0.25, 0.3) is 0 Å². The van der Waals surface area contributed by atoms with Crippen LogP contribution in [-0.2, 0) is 11.2 Å². The number of hydrogen-bond acceptors (Lipinski definition) is 3. The molecule has 2 N–H and O–H groups in total. The molecule has 0 unspecified atom stereocenters. The van der Waals surface area contributed by atoms with Gasteiger partial charge in [0.05, 0.1) is 0 Å². The number of aromatic nitrogens is 1. The van der Waals surface area contributed by atoms with E-state index in [4.69, 9.17) is 5.73 Å². The fraction of sp³-hybridized carbons (Fsp3) is 0.455. The Morgan fingerprint density at radius 1 is 1.57 bits per heavy atom. The van der Waals surface area contributed by atoms with Crippen molar-refractivity contribution in [1.29, 1.82) is 0 Å². The number of ketones is 1. The van der Waals surface area contributed by atoms with Gasteiger partial charge in [0, 0.05) is 36.0 Å². The molecular weight excluding hydrogens is 176 g/mol. The summed E-state index contributed by atoms with van der Waals surface area (Å²) in [5.74, 6) is 0.602. The monoisotopic (exact) mass is 190 g/mol. The number of nitrogens with two attached hydrogens (primary N) is 1. The Kier molecular flexibility index (Phi) is 2.48. The molecule has 1 aliphatic rings. The number of carbonyl (C=O) groups excluding carboxylic acids is 1. The lowest BCUT2D eigenvalue weighted by atomic mass is 9.80.